The number of hydrogen-bond donors (Lipinski definition) is 1. The Hall–Kier alpha value is -1.78. The van der Waals surface area contributed by atoms with E-state index in [9.17, 15) is 14.7 Å². The highest BCUT2D eigenvalue weighted by Crippen LogP contribution is 2.36. The van der Waals surface area contributed by atoms with E-state index >= 15 is 0 Å². The first-order valence-electron chi connectivity index (χ1n) is 7.13. The van der Waals surface area contributed by atoms with Crippen molar-refractivity contribution in [1.29, 1.82) is 0 Å². The molecule has 1 saturated heterocycles. The molecule has 0 radical (unpaired) electrons. The van der Waals surface area contributed by atoms with Crippen LogP contribution in [0.2, 0.25) is 0 Å². The second kappa shape index (κ2) is 6.11. The van der Waals surface area contributed by atoms with Gasteiger partial charge in [-0.2, -0.15) is 0 Å². The first-order chi connectivity index (χ1) is 9.54. The van der Waals surface area contributed by atoms with Crippen molar-refractivity contribution in [3.8, 4) is 0 Å². The Kier molecular flexibility index (Phi) is 4.47. The summed E-state index contributed by atoms with van der Waals surface area (Å²) in [5.74, 6) is -0.121. The molecule has 2 atom stereocenters. The van der Waals surface area contributed by atoms with E-state index in [2.05, 4.69) is 0 Å². The van der Waals surface area contributed by atoms with Crippen molar-refractivity contribution in [3.63, 3.8) is 0 Å². The number of hydrogen-bond acceptors (Lipinski definition) is 3. The average molecular weight is 279 g/mol. The molecule has 5 heteroatoms. The van der Waals surface area contributed by atoms with Gasteiger partial charge in [-0.25, -0.2) is 0 Å². The van der Waals surface area contributed by atoms with Gasteiger partial charge >= 0.3 is 5.97 Å². The maximum absolute atomic E-state index is 12.3. The zero-order valence-electron chi connectivity index (χ0n) is 12.0. The number of carbonyl (C=O) groups excluding carboxylic acids is 1. The number of rotatable bonds is 4. The van der Waals surface area contributed by atoms with Crippen molar-refractivity contribution in [1.82, 2.24) is 4.90 Å². The number of amides is 1. The molecule has 2 unspecified atom stereocenters. The van der Waals surface area contributed by atoms with E-state index in [1.54, 1.807) is 11.0 Å². The minimum Gasteiger partial charge on any atom is -0.481 e. The Labute approximate surface area is 118 Å². The number of nitrogens with zero attached hydrogens (tertiary/aromatic N) is 1. The quantitative estimate of drug-likeness (QED) is 0.920. The highest BCUT2D eigenvalue weighted by atomic mass is 16.4. The predicted octanol–water partition coefficient (Wildman–Crippen LogP) is 2.75. The Balaban J connectivity index is 2.42. The molecular weight excluding hydrogens is 258 g/mol. The fourth-order valence-corrected chi connectivity index (χ4v) is 2.87. The van der Waals surface area contributed by atoms with Crippen LogP contribution < -0.4 is 0 Å². The van der Waals surface area contributed by atoms with Crippen LogP contribution in [-0.2, 0) is 9.59 Å². The second-order valence-electron chi connectivity index (χ2n) is 5.32. The van der Waals surface area contributed by atoms with Gasteiger partial charge in [0.15, 0.2) is 0 Å². The van der Waals surface area contributed by atoms with Gasteiger partial charge < -0.3 is 14.4 Å². The number of aliphatic carboxylic acids is 1. The maximum atomic E-state index is 12.3. The molecule has 2 rings (SSSR count). The van der Waals surface area contributed by atoms with Gasteiger partial charge in [0.25, 0.3) is 0 Å². The molecular formula is C15H21NO4. The largest absolute Gasteiger partial charge is 0.481 e. The lowest BCUT2D eigenvalue weighted by atomic mass is 9.93. The lowest BCUT2D eigenvalue weighted by Crippen LogP contribution is -2.39. The minimum absolute atomic E-state index is 0.0228. The molecule has 0 aliphatic carbocycles. The van der Waals surface area contributed by atoms with Crippen molar-refractivity contribution in [2.24, 2.45) is 5.92 Å². The Morgan fingerprint density at radius 3 is 2.80 bits per heavy atom. The smallest absolute Gasteiger partial charge is 0.309 e. The monoisotopic (exact) mass is 279 g/mol. The Morgan fingerprint density at radius 2 is 2.25 bits per heavy atom. The van der Waals surface area contributed by atoms with E-state index < -0.39 is 17.9 Å². The standard InChI is InChI=1S/C15H21NO4/c1-3-9-16-13(17)6-4-5-11(15(18)19)14(16)12-8-7-10(2)20-12/h7-8,11,14H,3-6,9H2,1-2H3,(H,18,19). The van der Waals surface area contributed by atoms with E-state index in [0.717, 1.165) is 12.2 Å². The Bertz CT molecular complexity index is 494. The van der Waals surface area contributed by atoms with Gasteiger partial charge in [-0.15, -0.1) is 0 Å². The average Bonchev–Trinajstić information content (AvgIpc) is 2.74. The molecule has 1 N–H and O–H groups in total. The molecule has 0 bridgehead atoms. The molecule has 110 valence electrons. The third-order valence-electron chi connectivity index (χ3n) is 3.78. The SMILES string of the molecule is CCCN1C(=O)CCCC(C(=O)O)C1c1ccc(C)o1. The van der Waals surface area contributed by atoms with E-state index in [1.807, 2.05) is 19.9 Å². The number of aryl methyl sites for hydroxylation is 1. The van der Waals surface area contributed by atoms with Crippen molar-refractivity contribution >= 4 is 11.9 Å². The number of likely N-dealkylation sites (tertiary alicyclic amines) is 1. The van der Waals surface area contributed by atoms with Gasteiger partial charge in [0, 0.05) is 13.0 Å². The van der Waals surface area contributed by atoms with Gasteiger partial charge in [0.05, 0.1) is 5.92 Å². The molecule has 1 aliphatic heterocycles. The Morgan fingerprint density at radius 1 is 1.50 bits per heavy atom. The van der Waals surface area contributed by atoms with Crippen molar-refractivity contribution in [2.45, 2.75) is 45.6 Å². The topological polar surface area (TPSA) is 70.8 Å². The molecule has 1 amide bonds. The summed E-state index contributed by atoms with van der Waals surface area (Å²) in [4.78, 5) is 25.5. The number of carboxylic acids is 1. The molecule has 5 nitrogen and oxygen atoms in total. The molecule has 1 aromatic rings. The predicted molar refractivity (Wildman–Crippen MR) is 73.2 cm³/mol. The van der Waals surface area contributed by atoms with E-state index in [4.69, 9.17) is 4.42 Å². The summed E-state index contributed by atoms with van der Waals surface area (Å²) in [5.41, 5.74) is 0. The molecule has 1 aliphatic rings. The minimum atomic E-state index is -0.861. The van der Waals surface area contributed by atoms with Crippen LogP contribution in [0.1, 0.15) is 50.2 Å². The summed E-state index contributed by atoms with van der Waals surface area (Å²) in [7, 11) is 0. The maximum Gasteiger partial charge on any atom is 0.309 e. The summed E-state index contributed by atoms with van der Waals surface area (Å²) < 4.78 is 5.63. The van der Waals surface area contributed by atoms with E-state index in [-0.39, 0.29) is 5.91 Å². The zero-order valence-corrected chi connectivity index (χ0v) is 12.0. The van der Waals surface area contributed by atoms with Crippen molar-refractivity contribution in [3.05, 3.63) is 23.7 Å². The third-order valence-corrected chi connectivity index (χ3v) is 3.78. The summed E-state index contributed by atoms with van der Waals surface area (Å²) in [5, 5.41) is 9.49. The fourth-order valence-electron chi connectivity index (χ4n) is 2.87. The molecule has 0 aromatic carbocycles. The van der Waals surface area contributed by atoms with Gasteiger partial charge in [0.2, 0.25) is 5.91 Å². The van der Waals surface area contributed by atoms with Crippen LogP contribution in [-0.4, -0.2) is 28.4 Å². The second-order valence-corrected chi connectivity index (χ2v) is 5.32. The van der Waals surface area contributed by atoms with Crippen LogP contribution in [0.25, 0.3) is 0 Å². The fraction of sp³-hybridized carbons (Fsp3) is 0.600. The van der Waals surface area contributed by atoms with Gasteiger partial charge in [-0.3, -0.25) is 9.59 Å². The molecule has 1 fully saturated rings. The summed E-state index contributed by atoms with van der Waals surface area (Å²) in [6.45, 7) is 4.37. The van der Waals surface area contributed by atoms with Crippen LogP contribution in [0, 0.1) is 12.8 Å². The number of carboxylic acid groups (broad SMARTS) is 1. The van der Waals surface area contributed by atoms with Gasteiger partial charge in [-0.05, 0) is 38.3 Å². The van der Waals surface area contributed by atoms with Crippen molar-refractivity contribution < 1.29 is 19.1 Å². The lowest BCUT2D eigenvalue weighted by molar-refractivity contribution is -0.146. The number of furan rings is 1. The normalized spacial score (nSPS) is 23.7. The van der Waals surface area contributed by atoms with Crippen LogP contribution >= 0.6 is 0 Å². The van der Waals surface area contributed by atoms with Crippen LogP contribution in [0.5, 0.6) is 0 Å². The zero-order chi connectivity index (χ0) is 14.7. The molecule has 0 spiro atoms. The number of carbonyl (C=O) groups is 2. The molecule has 20 heavy (non-hydrogen) atoms. The van der Waals surface area contributed by atoms with Crippen LogP contribution in [0.4, 0.5) is 0 Å². The van der Waals surface area contributed by atoms with Crippen molar-refractivity contribution in [2.75, 3.05) is 6.54 Å². The first kappa shape index (κ1) is 14.6. The van der Waals surface area contributed by atoms with E-state index in [1.165, 1.54) is 0 Å². The van der Waals surface area contributed by atoms with Crippen LogP contribution in [0.15, 0.2) is 16.5 Å². The summed E-state index contributed by atoms with van der Waals surface area (Å²) >= 11 is 0. The summed E-state index contributed by atoms with van der Waals surface area (Å²) in [6, 6.07) is 3.11. The highest BCUT2D eigenvalue weighted by molar-refractivity contribution is 5.79. The highest BCUT2D eigenvalue weighted by Gasteiger charge is 2.39. The van der Waals surface area contributed by atoms with E-state index in [0.29, 0.717) is 31.6 Å². The summed E-state index contributed by atoms with van der Waals surface area (Å²) in [6.07, 6.45) is 2.34. The first-order valence-corrected chi connectivity index (χ1v) is 7.13. The van der Waals surface area contributed by atoms with Crippen LogP contribution in [0.3, 0.4) is 0 Å². The molecule has 0 saturated carbocycles. The van der Waals surface area contributed by atoms with Gasteiger partial charge in [-0.1, -0.05) is 6.92 Å². The third kappa shape index (κ3) is 2.86. The lowest BCUT2D eigenvalue weighted by Gasteiger charge is -2.31. The molecule has 1 aromatic heterocycles. The molecule has 2 heterocycles. The van der Waals surface area contributed by atoms with Gasteiger partial charge in [0.1, 0.15) is 17.6 Å².